The average molecular weight is 539 g/mol. The summed E-state index contributed by atoms with van der Waals surface area (Å²) in [5, 5.41) is 0.252. The molecule has 11 heteroatoms. The fourth-order valence-corrected chi connectivity index (χ4v) is 5.97. The van der Waals surface area contributed by atoms with E-state index in [1.165, 1.54) is 46.6 Å². The Balaban J connectivity index is 1.93. The van der Waals surface area contributed by atoms with Crippen molar-refractivity contribution in [2.75, 3.05) is 44.7 Å². The van der Waals surface area contributed by atoms with Crippen molar-refractivity contribution in [1.82, 2.24) is 14.2 Å². The lowest BCUT2D eigenvalue weighted by Gasteiger charge is -2.25. The first kappa shape index (κ1) is 28.1. The standard InChI is InChI=1S/C25H32F2N4O3S2/c1-5-8-13-29(4)36(33,34)20-11-9-18(10-12-20)24(32)31(15-14-30(6-2)7-3)25-28-23-21(27)16-19(26)17-22(23)35-25/h9-12,16-17H,5-8,13-15H2,1-4H3. The van der Waals surface area contributed by atoms with Crippen LogP contribution in [0.4, 0.5) is 13.9 Å². The molecule has 196 valence electrons. The van der Waals surface area contributed by atoms with Gasteiger partial charge in [-0.15, -0.1) is 0 Å². The van der Waals surface area contributed by atoms with Crippen LogP contribution in [0.2, 0.25) is 0 Å². The highest BCUT2D eigenvalue weighted by atomic mass is 32.2. The third-order valence-electron chi connectivity index (χ3n) is 6.05. The van der Waals surface area contributed by atoms with Gasteiger partial charge >= 0.3 is 0 Å². The molecule has 0 aliphatic rings. The number of nitrogens with zero attached hydrogens (tertiary/aromatic N) is 4. The van der Waals surface area contributed by atoms with Crippen LogP contribution in [0.15, 0.2) is 41.3 Å². The molecule has 0 aliphatic heterocycles. The quantitative estimate of drug-likeness (QED) is 0.325. The number of likely N-dealkylation sites (N-methyl/N-ethyl adjacent to an activating group) is 1. The number of anilines is 1. The molecule has 2 aromatic carbocycles. The van der Waals surface area contributed by atoms with Crippen molar-refractivity contribution >= 4 is 42.6 Å². The minimum Gasteiger partial charge on any atom is -0.302 e. The Hall–Kier alpha value is -2.47. The number of carbonyl (C=O) groups is 1. The highest BCUT2D eigenvalue weighted by Crippen LogP contribution is 2.32. The summed E-state index contributed by atoms with van der Waals surface area (Å²) in [6, 6.07) is 7.75. The van der Waals surface area contributed by atoms with Crippen LogP contribution in [0.3, 0.4) is 0 Å². The van der Waals surface area contributed by atoms with Crippen molar-refractivity contribution in [1.29, 1.82) is 0 Å². The molecule has 3 rings (SSSR count). The molecule has 1 heterocycles. The van der Waals surface area contributed by atoms with Crippen LogP contribution in [-0.2, 0) is 10.0 Å². The summed E-state index contributed by atoms with van der Waals surface area (Å²) in [6.45, 7) is 8.85. The number of rotatable bonds is 12. The maximum absolute atomic E-state index is 14.3. The Morgan fingerprint density at radius 1 is 1.00 bits per heavy atom. The smallest absolute Gasteiger partial charge is 0.260 e. The zero-order chi connectivity index (χ0) is 26.5. The van der Waals surface area contributed by atoms with Crippen molar-refractivity contribution in [2.45, 2.75) is 38.5 Å². The Morgan fingerprint density at radius 3 is 2.28 bits per heavy atom. The van der Waals surface area contributed by atoms with E-state index >= 15 is 0 Å². The van der Waals surface area contributed by atoms with Crippen LogP contribution in [0.5, 0.6) is 0 Å². The number of amides is 1. The van der Waals surface area contributed by atoms with E-state index in [0.29, 0.717) is 17.8 Å². The first-order chi connectivity index (χ1) is 17.1. The molecule has 0 radical (unpaired) electrons. The Kier molecular flexibility index (Phi) is 9.51. The second-order valence-electron chi connectivity index (χ2n) is 8.42. The second-order valence-corrected chi connectivity index (χ2v) is 11.5. The summed E-state index contributed by atoms with van der Waals surface area (Å²) >= 11 is 1.04. The SMILES string of the molecule is CCCCN(C)S(=O)(=O)c1ccc(C(=O)N(CCN(CC)CC)c2nc3c(F)cc(F)cc3s2)cc1. The van der Waals surface area contributed by atoms with E-state index in [-0.39, 0.29) is 27.7 Å². The number of carbonyl (C=O) groups excluding carboxylic acids is 1. The van der Waals surface area contributed by atoms with Crippen LogP contribution in [-0.4, -0.2) is 68.3 Å². The molecule has 0 N–H and O–H groups in total. The van der Waals surface area contributed by atoms with E-state index in [9.17, 15) is 22.0 Å². The van der Waals surface area contributed by atoms with Gasteiger partial charge in [0.05, 0.1) is 9.60 Å². The van der Waals surface area contributed by atoms with E-state index in [4.69, 9.17) is 0 Å². The molecule has 7 nitrogen and oxygen atoms in total. The minimum absolute atomic E-state index is 0.00796. The topological polar surface area (TPSA) is 73.8 Å². The molecule has 1 amide bonds. The molecular weight excluding hydrogens is 506 g/mol. The largest absolute Gasteiger partial charge is 0.302 e. The fourth-order valence-electron chi connectivity index (χ4n) is 3.73. The molecule has 0 bridgehead atoms. The molecule has 3 aromatic rings. The number of hydrogen-bond donors (Lipinski definition) is 0. The van der Waals surface area contributed by atoms with E-state index < -0.39 is 27.6 Å². The van der Waals surface area contributed by atoms with Crippen LogP contribution in [0.25, 0.3) is 10.2 Å². The zero-order valence-corrected chi connectivity index (χ0v) is 22.6. The summed E-state index contributed by atoms with van der Waals surface area (Å²) in [7, 11) is -2.13. The van der Waals surface area contributed by atoms with Crippen molar-refractivity contribution < 1.29 is 22.0 Å². The molecule has 0 spiro atoms. The third kappa shape index (κ3) is 6.26. The third-order valence-corrected chi connectivity index (χ3v) is 8.94. The number of fused-ring (bicyclic) bond motifs is 1. The van der Waals surface area contributed by atoms with Gasteiger partial charge in [0, 0.05) is 38.3 Å². The maximum Gasteiger partial charge on any atom is 0.260 e. The number of thiazole rings is 1. The van der Waals surface area contributed by atoms with Crippen molar-refractivity contribution in [3.8, 4) is 0 Å². The molecule has 0 atom stereocenters. The first-order valence-electron chi connectivity index (χ1n) is 12.0. The predicted octanol–water partition coefficient (Wildman–Crippen LogP) is 4.98. The van der Waals surface area contributed by atoms with Gasteiger partial charge in [-0.3, -0.25) is 9.69 Å². The highest BCUT2D eigenvalue weighted by molar-refractivity contribution is 7.89. The molecule has 1 aromatic heterocycles. The Morgan fingerprint density at radius 2 is 1.67 bits per heavy atom. The number of unbranched alkanes of at least 4 members (excludes halogenated alkanes) is 1. The van der Waals surface area contributed by atoms with Crippen molar-refractivity contribution in [3.63, 3.8) is 0 Å². The second kappa shape index (κ2) is 12.2. The molecule has 0 saturated heterocycles. The monoisotopic (exact) mass is 538 g/mol. The van der Waals surface area contributed by atoms with Crippen LogP contribution >= 0.6 is 11.3 Å². The van der Waals surface area contributed by atoms with Crippen LogP contribution in [0, 0.1) is 11.6 Å². The molecule has 0 fully saturated rings. The lowest BCUT2D eigenvalue weighted by atomic mass is 10.2. The summed E-state index contributed by atoms with van der Waals surface area (Å²) in [4.78, 5) is 21.5. The number of aromatic nitrogens is 1. The summed E-state index contributed by atoms with van der Waals surface area (Å²) in [6.07, 6.45) is 1.62. The predicted molar refractivity (Wildman–Crippen MR) is 140 cm³/mol. The first-order valence-corrected chi connectivity index (χ1v) is 14.2. The summed E-state index contributed by atoms with van der Waals surface area (Å²) in [5.41, 5.74) is 0.282. The maximum atomic E-state index is 14.3. The summed E-state index contributed by atoms with van der Waals surface area (Å²) in [5.74, 6) is -1.90. The minimum atomic E-state index is -3.67. The molecule has 0 aliphatic carbocycles. The molecular formula is C25H32F2N4O3S2. The van der Waals surface area contributed by atoms with E-state index in [1.807, 2.05) is 20.8 Å². The lowest BCUT2D eigenvalue weighted by Crippen LogP contribution is -2.38. The van der Waals surface area contributed by atoms with Gasteiger partial charge in [-0.25, -0.2) is 26.5 Å². The Labute approximate surface area is 215 Å². The van der Waals surface area contributed by atoms with Gasteiger partial charge in [0.1, 0.15) is 11.3 Å². The average Bonchev–Trinajstić information content (AvgIpc) is 3.29. The fraction of sp³-hybridized carbons (Fsp3) is 0.440. The van der Waals surface area contributed by atoms with E-state index in [1.54, 1.807) is 0 Å². The van der Waals surface area contributed by atoms with Gasteiger partial charge in [0.2, 0.25) is 10.0 Å². The zero-order valence-electron chi connectivity index (χ0n) is 21.0. The van der Waals surface area contributed by atoms with Gasteiger partial charge in [0.25, 0.3) is 5.91 Å². The summed E-state index contributed by atoms with van der Waals surface area (Å²) < 4.78 is 55.3. The number of benzene rings is 2. The van der Waals surface area contributed by atoms with E-state index in [0.717, 1.165) is 43.3 Å². The van der Waals surface area contributed by atoms with Gasteiger partial charge < -0.3 is 4.90 Å². The molecule has 36 heavy (non-hydrogen) atoms. The van der Waals surface area contributed by atoms with Crippen molar-refractivity contribution in [2.24, 2.45) is 0 Å². The molecule has 0 unspecified atom stereocenters. The lowest BCUT2D eigenvalue weighted by molar-refractivity contribution is 0.0983. The Bertz CT molecular complexity index is 1290. The van der Waals surface area contributed by atoms with Gasteiger partial charge in [0.15, 0.2) is 10.9 Å². The number of halogens is 2. The number of sulfonamides is 1. The van der Waals surface area contributed by atoms with Crippen molar-refractivity contribution in [3.05, 3.63) is 53.6 Å². The normalized spacial score (nSPS) is 12.1. The van der Waals surface area contributed by atoms with Gasteiger partial charge in [-0.2, -0.15) is 0 Å². The van der Waals surface area contributed by atoms with Gasteiger partial charge in [-0.05, 0) is 49.8 Å². The number of hydrogen-bond acceptors (Lipinski definition) is 6. The van der Waals surface area contributed by atoms with Gasteiger partial charge in [-0.1, -0.05) is 38.5 Å². The molecule has 0 saturated carbocycles. The van der Waals surface area contributed by atoms with Crippen LogP contribution < -0.4 is 4.90 Å². The van der Waals surface area contributed by atoms with Crippen LogP contribution in [0.1, 0.15) is 44.0 Å². The highest BCUT2D eigenvalue weighted by Gasteiger charge is 2.25. The van der Waals surface area contributed by atoms with E-state index in [2.05, 4.69) is 9.88 Å².